The molecule has 0 heterocycles. The molecule has 0 amide bonds. The Labute approximate surface area is 247 Å². The van der Waals surface area contributed by atoms with Crippen molar-refractivity contribution in [2.45, 2.75) is 97.2 Å². The topological polar surface area (TPSA) is 9.23 Å². The number of alkyl halides is 2. The molecule has 1 nitrogen and oxygen atoms in total. The third-order valence-corrected chi connectivity index (χ3v) is 7.87. The average Bonchev–Trinajstić information content (AvgIpc) is 2.73. The van der Waals surface area contributed by atoms with Crippen LogP contribution < -0.4 is 58.2 Å². The first-order chi connectivity index (χ1) is 15.2. The Morgan fingerprint density at radius 3 is 1.76 bits per heavy atom. The molecule has 2 saturated carbocycles. The summed E-state index contributed by atoms with van der Waals surface area (Å²) in [7, 11) is 0. The normalized spacial score (nSPS) is 26.0. The van der Waals surface area contributed by atoms with Crippen LogP contribution in [-0.4, -0.2) is 6.10 Å². The molecule has 0 unspecified atom stereocenters. The Bertz CT molecular complexity index is 885. The summed E-state index contributed by atoms with van der Waals surface area (Å²) in [4.78, 5) is 0. The molecule has 0 radical (unpaired) electrons. The Kier molecular flexibility index (Phi) is 9.94. The van der Waals surface area contributed by atoms with Crippen molar-refractivity contribution in [1.82, 2.24) is 0 Å². The van der Waals surface area contributed by atoms with Crippen LogP contribution in [0.5, 0.6) is 0 Å². The van der Waals surface area contributed by atoms with E-state index < -0.39 is 6.11 Å². The minimum Gasteiger partial charge on any atom is -0.315 e. The fourth-order valence-corrected chi connectivity index (χ4v) is 6.32. The maximum atomic E-state index is 14.9. The standard InChI is InChI=1S/C29H37F2O.Rb/c1-19-16-20(2)18-26(17-19)25-10-8-23(9-11-25)24-12-14-27(15-13-24)32-29(30,31)28-21(3)6-5-7-22(28)4;/h6-7,16-18,23-25,27H,8-15H2,1-4H3;/q-1;+1. The van der Waals surface area contributed by atoms with Gasteiger partial charge in [-0.3, -0.25) is 0 Å². The summed E-state index contributed by atoms with van der Waals surface area (Å²) in [6, 6.07) is 13.1. The Morgan fingerprint density at radius 1 is 0.758 bits per heavy atom. The molecular formula is C29H37F2ORb. The van der Waals surface area contributed by atoms with Gasteiger partial charge < -0.3 is 4.74 Å². The summed E-state index contributed by atoms with van der Waals surface area (Å²) in [5, 5.41) is 0. The summed E-state index contributed by atoms with van der Waals surface area (Å²) in [6.45, 7) is 7.79. The molecule has 33 heavy (non-hydrogen) atoms. The summed E-state index contributed by atoms with van der Waals surface area (Å²) in [5.41, 5.74) is 5.33. The first kappa shape index (κ1) is 27.6. The molecule has 2 aliphatic carbocycles. The number of ether oxygens (including phenoxy) is 1. The summed E-state index contributed by atoms with van der Waals surface area (Å²) in [6.07, 6.45) is 4.98. The van der Waals surface area contributed by atoms with Crippen molar-refractivity contribution in [2.24, 2.45) is 11.8 Å². The van der Waals surface area contributed by atoms with E-state index in [1.807, 2.05) is 0 Å². The molecule has 0 bridgehead atoms. The molecule has 174 valence electrons. The van der Waals surface area contributed by atoms with E-state index in [9.17, 15) is 8.78 Å². The van der Waals surface area contributed by atoms with Gasteiger partial charge in [-0.2, -0.15) is 27.0 Å². The molecule has 2 aromatic carbocycles. The van der Waals surface area contributed by atoms with Crippen LogP contribution in [0.15, 0.2) is 30.3 Å². The van der Waals surface area contributed by atoms with Crippen LogP contribution >= 0.6 is 0 Å². The Hall–Kier alpha value is 0.0652. The van der Waals surface area contributed by atoms with Gasteiger partial charge >= 0.3 is 64.3 Å². The van der Waals surface area contributed by atoms with Crippen molar-refractivity contribution in [3.05, 3.63) is 69.8 Å². The second-order valence-corrected chi connectivity index (χ2v) is 10.4. The number of benzene rings is 2. The summed E-state index contributed by atoms with van der Waals surface area (Å²) in [5.74, 6) is 2.09. The van der Waals surface area contributed by atoms with E-state index in [2.05, 4.69) is 38.1 Å². The Morgan fingerprint density at radius 2 is 1.24 bits per heavy atom. The molecule has 0 N–H and O–H groups in total. The number of aryl methyl sites for hydroxylation is 4. The first-order valence-electron chi connectivity index (χ1n) is 12.3. The van der Waals surface area contributed by atoms with E-state index in [0.29, 0.717) is 23.0 Å². The number of halogens is 2. The first-order valence-corrected chi connectivity index (χ1v) is 12.3. The van der Waals surface area contributed by atoms with Crippen LogP contribution in [0.2, 0.25) is 0 Å². The number of hydrogen-bond acceptors (Lipinski definition) is 1. The van der Waals surface area contributed by atoms with E-state index in [1.54, 1.807) is 26.0 Å². The molecule has 0 saturated heterocycles. The van der Waals surface area contributed by atoms with Crippen molar-refractivity contribution in [3.8, 4) is 0 Å². The van der Waals surface area contributed by atoms with E-state index in [0.717, 1.165) is 31.6 Å². The second kappa shape index (κ2) is 11.9. The molecule has 0 aliphatic heterocycles. The van der Waals surface area contributed by atoms with Gasteiger partial charge in [0.2, 0.25) is 0 Å². The van der Waals surface area contributed by atoms with Crippen LogP contribution in [0.1, 0.15) is 90.7 Å². The molecule has 2 aromatic rings. The van der Waals surface area contributed by atoms with Gasteiger partial charge in [-0.25, -0.2) is 0 Å². The predicted octanol–water partition coefficient (Wildman–Crippen LogP) is 5.32. The van der Waals surface area contributed by atoms with Gasteiger partial charge in [0.1, 0.15) is 0 Å². The van der Waals surface area contributed by atoms with Crippen molar-refractivity contribution in [1.29, 1.82) is 0 Å². The van der Waals surface area contributed by atoms with E-state index in [4.69, 9.17) is 4.74 Å². The number of hydrogen-bond donors (Lipinski definition) is 0. The smallest absolute Gasteiger partial charge is 0.315 e. The second-order valence-electron chi connectivity index (χ2n) is 10.4. The fourth-order valence-electron chi connectivity index (χ4n) is 6.32. The zero-order valence-corrected chi connectivity index (χ0v) is 25.9. The predicted molar refractivity (Wildman–Crippen MR) is 126 cm³/mol. The summed E-state index contributed by atoms with van der Waals surface area (Å²) < 4.78 is 35.3. The van der Waals surface area contributed by atoms with Gasteiger partial charge in [0.05, 0.1) is 6.10 Å². The molecule has 0 spiro atoms. The van der Waals surface area contributed by atoms with E-state index in [-0.39, 0.29) is 69.9 Å². The van der Waals surface area contributed by atoms with Gasteiger partial charge in [-0.05, 0) is 88.5 Å². The maximum absolute atomic E-state index is 14.9. The molecule has 4 heteroatoms. The minimum atomic E-state index is -3.23. The van der Waals surface area contributed by atoms with Gasteiger partial charge in [-0.15, -0.1) is 11.1 Å². The van der Waals surface area contributed by atoms with Crippen molar-refractivity contribution >= 4 is 0 Å². The van der Waals surface area contributed by atoms with Crippen molar-refractivity contribution in [2.75, 3.05) is 0 Å². The van der Waals surface area contributed by atoms with Crippen LogP contribution in [0, 0.1) is 45.6 Å². The Balaban J connectivity index is 0.00000306. The molecule has 4 rings (SSSR count). The van der Waals surface area contributed by atoms with Crippen molar-refractivity contribution < 1.29 is 71.7 Å². The van der Waals surface area contributed by atoms with Crippen LogP contribution in [0.3, 0.4) is 0 Å². The number of rotatable bonds is 5. The van der Waals surface area contributed by atoms with Crippen LogP contribution in [-0.2, 0) is 10.8 Å². The van der Waals surface area contributed by atoms with Gasteiger partial charge in [0.25, 0.3) is 0 Å². The quantitative estimate of drug-likeness (QED) is 0.481. The molecule has 0 atom stereocenters. The fraction of sp³-hybridized carbons (Fsp3) is 0.586. The van der Waals surface area contributed by atoms with Gasteiger partial charge in [0.15, 0.2) is 0 Å². The largest absolute Gasteiger partial charge is 1.00 e. The molecule has 2 fully saturated rings. The minimum absolute atomic E-state index is 0. The third-order valence-electron chi connectivity index (χ3n) is 7.87. The van der Waals surface area contributed by atoms with Gasteiger partial charge in [0, 0.05) is 0 Å². The van der Waals surface area contributed by atoms with Crippen molar-refractivity contribution in [3.63, 3.8) is 0 Å². The van der Waals surface area contributed by atoms with E-state index >= 15 is 0 Å². The van der Waals surface area contributed by atoms with Crippen LogP contribution in [0.25, 0.3) is 0 Å². The SMILES string of the molecule is Cc1cc(C)cc(C2CCC(C3CCC(OC(F)(F)c4c(C)c[c-]cc4C)CC3)CC2)c1.[Rb+]. The van der Waals surface area contributed by atoms with Gasteiger partial charge in [-0.1, -0.05) is 48.7 Å². The zero-order chi connectivity index (χ0) is 22.9. The molecule has 2 aliphatic rings. The third kappa shape index (κ3) is 6.85. The summed E-state index contributed by atoms with van der Waals surface area (Å²) >= 11 is 0. The maximum Gasteiger partial charge on any atom is 1.00 e. The average molecular weight is 525 g/mol. The van der Waals surface area contributed by atoms with E-state index in [1.165, 1.54) is 42.4 Å². The monoisotopic (exact) mass is 524 g/mol. The van der Waals surface area contributed by atoms with Crippen LogP contribution in [0.4, 0.5) is 8.78 Å². The zero-order valence-electron chi connectivity index (χ0n) is 21.0. The molecular weight excluding hydrogens is 488 g/mol. The molecule has 0 aromatic heterocycles.